The van der Waals surface area contributed by atoms with Crippen molar-refractivity contribution in [3.8, 4) is 0 Å². The van der Waals surface area contributed by atoms with Gasteiger partial charge < -0.3 is 5.32 Å². The van der Waals surface area contributed by atoms with Gasteiger partial charge in [0.1, 0.15) is 0 Å². The standard InChI is InChI=1S/C12H26N2O4S2/c1-4-19(15,16)10-11(3)13-12-6-8-14(9-7-12)20(17,18)5-2/h11-13H,4-10H2,1-3H3. The molecule has 0 aromatic heterocycles. The molecular weight excluding hydrogens is 300 g/mol. The number of nitrogens with one attached hydrogen (secondary N) is 1. The lowest BCUT2D eigenvalue weighted by atomic mass is 10.1. The third-order valence-corrected chi connectivity index (χ3v) is 7.45. The molecular formula is C12H26N2O4S2. The molecule has 0 bridgehead atoms. The molecule has 0 saturated carbocycles. The third-order valence-electron chi connectivity index (χ3n) is 3.68. The van der Waals surface area contributed by atoms with E-state index in [0.29, 0.717) is 13.1 Å². The molecule has 1 aliphatic rings. The maximum Gasteiger partial charge on any atom is 0.213 e. The highest BCUT2D eigenvalue weighted by molar-refractivity contribution is 7.91. The Balaban J connectivity index is 2.43. The highest BCUT2D eigenvalue weighted by Gasteiger charge is 2.27. The van der Waals surface area contributed by atoms with E-state index in [1.54, 1.807) is 13.8 Å². The second-order valence-corrected chi connectivity index (χ2v) is 10.00. The molecule has 0 aromatic carbocycles. The van der Waals surface area contributed by atoms with Crippen LogP contribution in [-0.4, -0.2) is 63.6 Å². The predicted octanol–water partition coefficient (Wildman–Crippen LogP) is 0.213. The van der Waals surface area contributed by atoms with Gasteiger partial charge in [0.25, 0.3) is 0 Å². The van der Waals surface area contributed by atoms with Gasteiger partial charge in [0.05, 0.1) is 11.5 Å². The van der Waals surface area contributed by atoms with E-state index in [4.69, 9.17) is 0 Å². The van der Waals surface area contributed by atoms with Gasteiger partial charge in [0.15, 0.2) is 9.84 Å². The molecule has 1 fully saturated rings. The van der Waals surface area contributed by atoms with Crippen LogP contribution < -0.4 is 5.32 Å². The van der Waals surface area contributed by atoms with Crippen LogP contribution in [0.25, 0.3) is 0 Å². The Morgan fingerprint density at radius 3 is 2.10 bits per heavy atom. The number of hydrogen-bond donors (Lipinski definition) is 1. The van der Waals surface area contributed by atoms with Gasteiger partial charge in [-0.2, -0.15) is 0 Å². The number of piperidine rings is 1. The van der Waals surface area contributed by atoms with Crippen molar-refractivity contribution in [1.29, 1.82) is 0 Å². The monoisotopic (exact) mass is 326 g/mol. The SMILES string of the molecule is CCS(=O)(=O)CC(C)NC1CCN(S(=O)(=O)CC)CC1. The van der Waals surface area contributed by atoms with E-state index in [2.05, 4.69) is 5.32 Å². The van der Waals surface area contributed by atoms with Crippen LogP contribution >= 0.6 is 0 Å². The first-order valence-corrected chi connectivity index (χ1v) is 10.6. The van der Waals surface area contributed by atoms with Crippen LogP contribution in [0.4, 0.5) is 0 Å². The van der Waals surface area contributed by atoms with Crippen LogP contribution in [0.15, 0.2) is 0 Å². The average Bonchev–Trinajstić information content (AvgIpc) is 2.38. The fraction of sp³-hybridized carbons (Fsp3) is 1.00. The van der Waals surface area contributed by atoms with Gasteiger partial charge in [-0.1, -0.05) is 6.92 Å². The Bertz CT molecular complexity index is 494. The van der Waals surface area contributed by atoms with Crippen molar-refractivity contribution >= 4 is 19.9 Å². The minimum Gasteiger partial charge on any atom is -0.310 e. The lowest BCUT2D eigenvalue weighted by Crippen LogP contribution is -2.48. The van der Waals surface area contributed by atoms with Gasteiger partial charge in [-0.15, -0.1) is 0 Å². The molecule has 0 spiro atoms. The van der Waals surface area contributed by atoms with E-state index in [-0.39, 0.29) is 29.3 Å². The molecule has 20 heavy (non-hydrogen) atoms. The molecule has 0 aliphatic carbocycles. The van der Waals surface area contributed by atoms with Crippen LogP contribution in [0.3, 0.4) is 0 Å². The van der Waals surface area contributed by atoms with Crippen molar-refractivity contribution in [2.75, 3.05) is 30.3 Å². The quantitative estimate of drug-likeness (QED) is 0.723. The van der Waals surface area contributed by atoms with Crippen LogP contribution in [0.2, 0.25) is 0 Å². The van der Waals surface area contributed by atoms with Gasteiger partial charge in [0.2, 0.25) is 10.0 Å². The summed E-state index contributed by atoms with van der Waals surface area (Å²) in [5, 5.41) is 3.30. The maximum absolute atomic E-state index is 11.7. The van der Waals surface area contributed by atoms with Crippen molar-refractivity contribution in [3.05, 3.63) is 0 Å². The van der Waals surface area contributed by atoms with E-state index in [1.807, 2.05) is 6.92 Å². The highest BCUT2D eigenvalue weighted by atomic mass is 32.2. The molecule has 120 valence electrons. The number of sulfonamides is 1. The molecule has 1 saturated heterocycles. The Morgan fingerprint density at radius 1 is 1.10 bits per heavy atom. The van der Waals surface area contributed by atoms with E-state index in [9.17, 15) is 16.8 Å². The molecule has 1 heterocycles. The Kier molecular flexibility index (Phi) is 6.43. The molecule has 0 radical (unpaired) electrons. The first-order chi connectivity index (χ1) is 9.20. The molecule has 0 amide bonds. The van der Waals surface area contributed by atoms with E-state index in [1.165, 1.54) is 4.31 Å². The van der Waals surface area contributed by atoms with Crippen LogP contribution in [0.5, 0.6) is 0 Å². The maximum atomic E-state index is 11.7. The Labute approximate surface area is 122 Å². The summed E-state index contributed by atoms with van der Waals surface area (Å²) in [6, 6.07) is 0.0969. The fourth-order valence-corrected chi connectivity index (χ4v) is 4.66. The zero-order chi connectivity index (χ0) is 15.4. The molecule has 1 aliphatic heterocycles. The van der Waals surface area contributed by atoms with Gasteiger partial charge in [-0.3, -0.25) is 0 Å². The summed E-state index contributed by atoms with van der Waals surface area (Å²) in [5.41, 5.74) is 0. The zero-order valence-electron chi connectivity index (χ0n) is 12.5. The molecule has 6 nitrogen and oxygen atoms in total. The molecule has 0 aromatic rings. The lowest BCUT2D eigenvalue weighted by Gasteiger charge is -2.33. The highest BCUT2D eigenvalue weighted by Crippen LogP contribution is 2.15. The van der Waals surface area contributed by atoms with Crippen molar-refractivity contribution < 1.29 is 16.8 Å². The number of sulfone groups is 1. The van der Waals surface area contributed by atoms with Crippen molar-refractivity contribution in [3.63, 3.8) is 0 Å². The second kappa shape index (κ2) is 7.20. The van der Waals surface area contributed by atoms with Gasteiger partial charge in [-0.25, -0.2) is 21.1 Å². The second-order valence-electron chi connectivity index (χ2n) is 5.34. The summed E-state index contributed by atoms with van der Waals surface area (Å²) >= 11 is 0. The topological polar surface area (TPSA) is 83.6 Å². The molecule has 1 N–H and O–H groups in total. The van der Waals surface area contributed by atoms with Crippen LogP contribution in [0.1, 0.15) is 33.6 Å². The summed E-state index contributed by atoms with van der Waals surface area (Å²) in [5.74, 6) is 0.430. The summed E-state index contributed by atoms with van der Waals surface area (Å²) in [7, 11) is -6.07. The summed E-state index contributed by atoms with van der Waals surface area (Å²) in [6.07, 6.45) is 1.46. The first-order valence-electron chi connectivity index (χ1n) is 7.14. The minimum absolute atomic E-state index is 0.0979. The zero-order valence-corrected chi connectivity index (χ0v) is 14.1. The average molecular weight is 326 g/mol. The van der Waals surface area contributed by atoms with Crippen molar-refractivity contribution in [1.82, 2.24) is 9.62 Å². The first kappa shape index (κ1) is 17.9. The Hall–Kier alpha value is -0.180. The van der Waals surface area contributed by atoms with Gasteiger partial charge in [-0.05, 0) is 26.7 Å². The van der Waals surface area contributed by atoms with E-state index in [0.717, 1.165) is 12.8 Å². The van der Waals surface area contributed by atoms with Crippen LogP contribution in [-0.2, 0) is 19.9 Å². The molecule has 8 heteroatoms. The van der Waals surface area contributed by atoms with Crippen LogP contribution in [0, 0.1) is 0 Å². The Morgan fingerprint density at radius 2 is 1.65 bits per heavy atom. The number of nitrogens with zero attached hydrogens (tertiary/aromatic N) is 1. The summed E-state index contributed by atoms with van der Waals surface area (Å²) in [6.45, 7) is 6.19. The smallest absolute Gasteiger partial charge is 0.213 e. The number of rotatable bonds is 7. The fourth-order valence-electron chi connectivity index (χ4n) is 2.43. The lowest BCUT2D eigenvalue weighted by molar-refractivity contribution is 0.280. The largest absolute Gasteiger partial charge is 0.310 e. The minimum atomic E-state index is -3.10. The molecule has 1 rings (SSSR count). The molecule has 1 unspecified atom stereocenters. The van der Waals surface area contributed by atoms with Gasteiger partial charge >= 0.3 is 0 Å². The summed E-state index contributed by atoms with van der Waals surface area (Å²) in [4.78, 5) is 0. The number of hydrogen-bond acceptors (Lipinski definition) is 5. The van der Waals surface area contributed by atoms with E-state index < -0.39 is 19.9 Å². The van der Waals surface area contributed by atoms with E-state index >= 15 is 0 Å². The van der Waals surface area contributed by atoms with Crippen molar-refractivity contribution in [2.24, 2.45) is 0 Å². The predicted molar refractivity (Wildman–Crippen MR) is 81.0 cm³/mol. The van der Waals surface area contributed by atoms with Gasteiger partial charge in [0, 0.05) is 30.9 Å². The molecule has 1 atom stereocenters. The third kappa shape index (κ3) is 5.31. The summed E-state index contributed by atoms with van der Waals surface area (Å²) < 4.78 is 48.1. The van der Waals surface area contributed by atoms with Crippen molar-refractivity contribution in [2.45, 2.75) is 45.7 Å². The normalized spacial score (nSPS) is 20.9.